The van der Waals surface area contributed by atoms with Crippen LogP contribution in [0.25, 0.3) is 0 Å². The number of hydrogen-bond acceptors (Lipinski definition) is 1. The van der Waals surface area contributed by atoms with E-state index in [1.54, 1.807) is 0 Å². The third-order valence-corrected chi connectivity index (χ3v) is 2.84. The molecule has 1 aromatic carbocycles. The number of aliphatic imine (C=N–C) groups is 1. The molecule has 0 spiro atoms. The van der Waals surface area contributed by atoms with Crippen molar-refractivity contribution in [2.24, 2.45) is 16.8 Å². The smallest absolute Gasteiger partial charge is 0.0654 e. The third-order valence-electron chi connectivity index (χ3n) is 2.84. The first-order valence-corrected chi connectivity index (χ1v) is 6.23. The zero-order chi connectivity index (χ0) is 12.0. The second-order valence-corrected chi connectivity index (χ2v) is 4.86. The topological polar surface area (TPSA) is 12.4 Å². The molecule has 88 valence electrons. The Morgan fingerprint density at radius 3 is 2.50 bits per heavy atom. The Morgan fingerprint density at radius 2 is 1.94 bits per heavy atom. The highest BCUT2D eigenvalue weighted by atomic mass is 14.7. The van der Waals surface area contributed by atoms with Gasteiger partial charge in [-0.3, -0.25) is 4.99 Å². The maximum atomic E-state index is 4.60. The van der Waals surface area contributed by atoms with Gasteiger partial charge in [-0.25, -0.2) is 0 Å². The maximum Gasteiger partial charge on any atom is 0.0654 e. The summed E-state index contributed by atoms with van der Waals surface area (Å²) in [5.74, 6) is 1.35. The average molecular weight is 217 g/mol. The summed E-state index contributed by atoms with van der Waals surface area (Å²) in [6.45, 7) is 8.88. The minimum atomic E-state index is 0.611. The first kappa shape index (κ1) is 13.0. The van der Waals surface area contributed by atoms with E-state index < -0.39 is 0 Å². The Labute approximate surface area is 99.6 Å². The Morgan fingerprint density at radius 1 is 1.25 bits per heavy atom. The minimum Gasteiger partial charge on any atom is -0.261 e. The summed E-state index contributed by atoms with van der Waals surface area (Å²) in [6.07, 6.45) is 4.53. The van der Waals surface area contributed by atoms with E-state index in [0.717, 1.165) is 11.6 Å². The van der Waals surface area contributed by atoms with Crippen LogP contribution in [-0.4, -0.2) is 6.21 Å². The summed E-state index contributed by atoms with van der Waals surface area (Å²) in [5, 5.41) is 0. The molecule has 1 aromatic rings. The molecule has 0 saturated carbocycles. The highest BCUT2D eigenvalue weighted by molar-refractivity contribution is 5.66. The van der Waals surface area contributed by atoms with E-state index in [2.05, 4.69) is 57.1 Å². The van der Waals surface area contributed by atoms with Gasteiger partial charge in [-0.05, 0) is 43.2 Å². The van der Waals surface area contributed by atoms with E-state index in [-0.39, 0.29) is 0 Å². The average Bonchev–Trinajstić information content (AvgIpc) is 2.25. The Hall–Kier alpha value is -1.11. The zero-order valence-corrected chi connectivity index (χ0v) is 10.9. The second kappa shape index (κ2) is 6.47. The van der Waals surface area contributed by atoms with Gasteiger partial charge in [-0.1, -0.05) is 39.0 Å². The fourth-order valence-corrected chi connectivity index (χ4v) is 1.83. The number of aryl methyl sites for hydroxylation is 1. The van der Waals surface area contributed by atoms with Crippen LogP contribution in [0.15, 0.2) is 29.3 Å². The molecule has 0 heterocycles. The lowest BCUT2D eigenvalue weighted by atomic mass is 9.96. The number of nitrogens with zero attached hydrogens (tertiary/aromatic N) is 1. The van der Waals surface area contributed by atoms with E-state index in [9.17, 15) is 0 Å². The van der Waals surface area contributed by atoms with Crippen molar-refractivity contribution in [1.82, 2.24) is 0 Å². The normalized spacial score (nSPS) is 13.6. The number of hydrogen-bond donors (Lipinski definition) is 0. The molecular formula is C15H23N. The standard InChI is InChI=1S/C15H23N/c1-5-14(10-12(2)3)11-16-15-9-7-6-8-13(15)4/h6-9,11-12,14H,5,10H2,1-4H3. The van der Waals surface area contributed by atoms with E-state index in [1.807, 2.05) is 6.07 Å². The van der Waals surface area contributed by atoms with Crippen LogP contribution in [0.3, 0.4) is 0 Å². The first-order valence-electron chi connectivity index (χ1n) is 6.23. The highest BCUT2D eigenvalue weighted by Gasteiger charge is 2.05. The first-order chi connectivity index (χ1) is 7.63. The van der Waals surface area contributed by atoms with Gasteiger partial charge in [0.05, 0.1) is 5.69 Å². The lowest BCUT2D eigenvalue weighted by molar-refractivity contribution is 0.492. The van der Waals surface area contributed by atoms with Gasteiger partial charge in [0.25, 0.3) is 0 Å². The van der Waals surface area contributed by atoms with Crippen LogP contribution in [0.1, 0.15) is 39.2 Å². The molecule has 0 bridgehead atoms. The van der Waals surface area contributed by atoms with Gasteiger partial charge in [0, 0.05) is 6.21 Å². The molecule has 0 aliphatic rings. The SMILES string of the molecule is CCC(C=Nc1ccccc1C)CC(C)C. The third kappa shape index (κ3) is 4.18. The molecular weight excluding hydrogens is 194 g/mol. The Kier molecular flexibility index (Phi) is 5.24. The molecule has 1 heteroatoms. The number of para-hydroxylation sites is 1. The van der Waals surface area contributed by atoms with Crippen molar-refractivity contribution in [1.29, 1.82) is 0 Å². The number of benzene rings is 1. The van der Waals surface area contributed by atoms with Crippen molar-refractivity contribution >= 4 is 11.9 Å². The molecule has 1 nitrogen and oxygen atoms in total. The van der Waals surface area contributed by atoms with Crippen molar-refractivity contribution < 1.29 is 0 Å². The predicted molar refractivity (Wildman–Crippen MR) is 72.6 cm³/mol. The molecule has 0 aliphatic carbocycles. The minimum absolute atomic E-state index is 0.611. The summed E-state index contributed by atoms with van der Waals surface area (Å²) < 4.78 is 0. The maximum absolute atomic E-state index is 4.60. The van der Waals surface area contributed by atoms with Crippen LogP contribution >= 0.6 is 0 Å². The highest BCUT2D eigenvalue weighted by Crippen LogP contribution is 2.19. The summed E-state index contributed by atoms with van der Waals surface area (Å²) in [6, 6.07) is 8.28. The van der Waals surface area contributed by atoms with Crippen LogP contribution in [0, 0.1) is 18.8 Å². The molecule has 0 radical (unpaired) electrons. The van der Waals surface area contributed by atoms with Crippen molar-refractivity contribution in [2.45, 2.75) is 40.5 Å². The van der Waals surface area contributed by atoms with Gasteiger partial charge < -0.3 is 0 Å². The molecule has 0 saturated heterocycles. The largest absolute Gasteiger partial charge is 0.261 e. The van der Waals surface area contributed by atoms with Crippen LogP contribution in [0.5, 0.6) is 0 Å². The van der Waals surface area contributed by atoms with Gasteiger partial charge >= 0.3 is 0 Å². The Bertz CT molecular complexity index is 339. The molecule has 0 N–H and O–H groups in total. The van der Waals surface area contributed by atoms with Crippen LogP contribution in [0.2, 0.25) is 0 Å². The molecule has 0 amide bonds. The molecule has 1 rings (SSSR count). The molecule has 0 aliphatic heterocycles. The van der Waals surface area contributed by atoms with Gasteiger partial charge in [0.15, 0.2) is 0 Å². The molecule has 1 unspecified atom stereocenters. The number of rotatable bonds is 5. The Balaban J connectivity index is 2.67. The second-order valence-electron chi connectivity index (χ2n) is 4.86. The molecule has 16 heavy (non-hydrogen) atoms. The summed E-state index contributed by atoms with van der Waals surface area (Å²) in [4.78, 5) is 4.60. The van der Waals surface area contributed by atoms with Gasteiger partial charge in [0.2, 0.25) is 0 Å². The van der Waals surface area contributed by atoms with Crippen molar-refractivity contribution in [3.8, 4) is 0 Å². The molecule has 1 atom stereocenters. The summed E-state index contributed by atoms with van der Waals surface area (Å²) in [7, 11) is 0. The quantitative estimate of drug-likeness (QED) is 0.630. The van der Waals surface area contributed by atoms with Crippen molar-refractivity contribution in [2.75, 3.05) is 0 Å². The zero-order valence-electron chi connectivity index (χ0n) is 10.9. The predicted octanol–water partition coefficient (Wildman–Crippen LogP) is 4.77. The van der Waals surface area contributed by atoms with Gasteiger partial charge in [0.1, 0.15) is 0 Å². The van der Waals surface area contributed by atoms with Crippen molar-refractivity contribution in [3.05, 3.63) is 29.8 Å². The lowest BCUT2D eigenvalue weighted by Gasteiger charge is -2.11. The summed E-state index contributed by atoms with van der Waals surface area (Å²) in [5.41, 5.74) is 2.35. The fraction of sp³-hybridized carbons (Fsp3) is 0.533. The van der Waals surface area contributed by atoms with E-state index >= 15 is 0 Å². The van der Waals surface area contributed by atoms with Gasteiger partial charge in [-0.15, -0.1) is 0 Å². The van der Waals surface area contributed by atoms with Crippen LogP contribution in [0.4, 0.5) is 5.69 Å². The van der Waals surface area contributed by atoms with Gasteiger partial charge in [-0.2, -0.15) is 0 Å². The van der Waals surface area contributed by atoms with E-state index in [0.29, 0.717) is 5.92 Å². The van der Waals surface area contributed by atoms with Crippen LogP contribution < -0.4 is 0 Å². The molecule has 0 aromatic heterocycles. The van der Waals surface area contributed by atoms with E-state index in [4.69, 9.17) is 0 Å². The lowest BCUT2D eigenvalue weighted by Crippen LogP contribution is -2.04. The summed E-state index contributed by atoms with van der Waals surface area (Å²) >= 11 is 0. The van der Waals surface area contributed by atoms with Crippen LogP contribution in [-0.2, 0) is 0 Å². The van der Waals surface area contributed by atoms with E-state index in [1.165, 1.54) is 18.4 Å². The fourth-order valence-electron chi connectivity index (χ4n) is 1.83. The molecule has 0 fully saturated rings. The monoisotopic (exact) mass is 217 g/mol. The van der Waals surface area contributed by atoms with Crippen molar-refractivity contribution in [3.63, 3.8) is 0 Å².